The monoisotopic (exact) mass is 322 g/mol. The summed E-state index contributed by atoms with van der Waals surface area (Å²) >= 11 is 0. The number of esters is 1. The molecule has 0 saturated carbocycles. The highest BCUT2D eigenvalue weighted by molar-refractivity contribution is 5.89. The average molecular weight is 322 g/mol. The molecule has 1 aromatic carbocycles. The van der Waals surface area contributed by atoms with Crippen LogP contribution in [-0.4, -0.2) is 34.8 Å². The van der Waals surface area contributed by atoms with Gasteiger partial charge in [0.15, 0.2) is 0 Å². The van der Waals surface area contributed by atoms with Crippen molar-refractivity contribution in [2.75, 3.05) is 19.0 Å². The SMILES string of the molecule is CN(C)c1ccc(C(=O)OCc2ccc(-n3cccn3)cc2)cn1. The molecule has 122 valence electrons. The maximum Gasteiger partial charge on any atom is 0.340 e. The quantitative estimate of drug-likeness (QED) is 0.676. The molecular weight excluding hydrogens is 304 g/mol. The lowest BCUT2D eigenvalue weighted by Gasteiger charge is -2.11. The van der Waals surface area contributed by atoms with Crippen molar-refractivity contribution in [3.8, 4) is 5.69 Å². The molecule has 2 heterocycles. The highest BCUT2D eigenvalue weighted by Gasteiger charge is 2.09. The van der Waals surface area contributed by atoms with Gasteiger partial charge < -0.3 is 9.64 Å². The molecule has 0 unspecified atom stereocenters. The zero-order valence-corrected chi connectivity index (χ0v) is 13.6. The number of benzene rings is 1. The molecule has 6 heteroatoms. The van der Waals surface area contributed by atoms with E-state index in [2.05, 4.69) is 10.1 Å². The first-order valence-electron chi connectivity index (χ1n) is 7.53. The van der Waals surface area contributed by atoms with Crippen LogP contribution < -0.4 is 4.90 Å². The van der Waals surface area contributed by atoms with Crippen molar-refractivity contribution in [3.63, 3.8) is 0 Å². The Morgan fingerprint density at radius 1 is 1.17 bits per heavy atom. The van der Waals surface area contributed by atoms with Crippen molar-refractivity contribution in [2.45, 2.75) is 6.61 Å². The van der Waals surface area contributed by atoms with Crippen LogP contribution in [0.25, 0.3) is 5.69 Å². The molecule has 24 heavy (non-hydrogen) atoms. The molecule has 0 amide bonds. The number of hydrogen-bond acceptors (Lipinski definition) is 5. The fourth-order valence-electron chi connectivity index (χ4n) is 2.17. The Balaban J connectivity index is 1.59. The Morgan fingerprint density at radius 2 is 1.96 bits per heavy atom. The van der Waals surface area contributed by atoms with E-state index in [4.69, 9.17) is 4.74 Å². The van der Waals surface area contributed by atoms with Crippen LogP contribution in [0, 0.1) is 0 Å². The minimum Gasteiger partial charge on any atom is -0.457 e. The van der Waals surface area contributed by atoms with E-state index < -0.39 is 0 Å². The molecular formula is C18H18N4O2. The fraction of sp³-hybridized carbons (Fsp3) is 0.167. The van der Waals surface area contributed by atoms with Crippen LogP contribution in [0.5, 0.6) is 0 Å². The third-order valence-electron chi connectivity index (χ3n) is 3.52. The standard InChI is InChI=1S/C18H18N4O2/c1-21(2)17-9-6-15(12-19-17)18(23)24-13-14-4-7-16(8-5-14)22-11-3-10-20-22/h3-12H,13H2,1-2H3. The van der Waals surface area contributed by atoms with Crippen molar-refractivity contribution in [1.29, 1.82) is 0 Å². The van der Waals surface area contributed by atoms with Crippen LogP contribution in [0.1, 0.15) is 15.9 Å². The number of nitrogens with zero attached hydrogens (tertiary/aromatic N) is 4. The summed E-state index contributed by atoms with van der Waals surface area (Å²) in [6.45, 7) is 0.216. The number of carbonyl (C=O) groups excluding carboxylic acids is 1. The molecule has 0 saturated heterocycles. The van der Waals surface area contributed by atoms with E-state index in [-0.39, 0.29) is 12.6 Å². The summed E-state index contributed by atoms with van der Waals surface area (Å²) in [6.07, 6.45) is 5.13. The number of hydrogen-bond donors (Lipinski definition) is 0. The average Bonchev–Trinajstić information content (AvgIpc) is 3.15. The van der Waals surface area contributed by atoms with Crippen LogP contribution in [0.2, 0.25) is 0 Å². The zero-order valence-electron chi connectivity index (χ0n) is 13.6. The van der Waals surface area contributed by atoms with Gasteiger partial charge in [-0.1, -0.05) is 12.1 Å². The van der Waals surface area contributed by atoms with Gasteiger partial charge in [0.2, 0.25) is 0 Å². The molecule has 0 atom stereocenters. The van der Waals surface area contributed by atoms with Crippen molar-refractivity contribution >= 4 is 11.8 Å². The number of carbonyl (C=O) groups is 1. The van der Waals surface area contributed by atoms with Gasteiger partial charge >= 0.3 is 5.97 Å². The number of aromatic nitrogens is 3. The zero-order chi connectivity index (χ0) is 16.9. The topological polar surface area (TPSA) is 60.2 Å². The van der Waals surface area contributed by atoms with Gasteiger partial charge in [0.1, 0.15) is 12.4 Å². The van der Waals surface area contributed by atoms with E-state index >= 15 is 0 Å². The maximum absolute atomic E-state index is 12.1. The van der Waals surface area contributed by atoms with E-state index in [1.54, 1.807) is 23.0 Å². The summed E-state index contributed by atoms with van der Waals surface area (Å²) in [5, 5.41) is 4.17. The van der Waals surface area contributed by atoms with E-state index in [0.29, 0.717) is 5.56 Å². The first-order chi connectivity index (χ1) is 11.6. The normalized spacial score (nSPS) is 10.4. The molecule has 0 aliphatic heterocycles. The van der Waals surface area contributed by atoms with Gasteiger partial charge in [-0.2, -0.15) is 5.10 Å². The number of ether oxygens (including phenoxy) is 1. The Kier molecular flexibility index (Phi) is 4.56. The maximum atomic E-state index is 12.1. The van der Waals surface area contributed by atoms with Gasteiger partial charge in [-0.15, -0.1) is 0 Å². The lowest BCUT2D eigenvalue weighted by Crippen LogP contribution is -2.11. The number of anilines is 1. The molecule has 6 nitrogen and oxygen atoms in total. The van der Waals surface area contributed by atoms with Gasteiger partial charge in [0.05, 0.1) is 11.3 Å². The molecule has 3 rings (SSSR count). The highest BCUT2D eigenvalue weighted by Crippen LogP contribution is 2.12. The molecule has 0 spiro atoms. The molecule has 3 aromatic rings. The molecule has 0 aliphatic rings. The van der Waals surface area contributed by atoms with Gasteiger partial charge in [0, 0.05) is 32.7 Å². The lowest BCUT2D eigenvalue weighted by atomic mass is 10.2. The van der Waals surface area contributed by atoms with Gasteiger partial charge in [-0.25, -0.2) is 14.5 Å². The van der Waals surface area contributed by atoms with E-state index in [0.717, 1.165) is 17.1 Å². The molecule has 0 bridgehead atoms. The van der Waals surface area contributed by atoms with E-state index in [1.807, 2.05) is 55.5 Å². The summed E-state index contributed by atoms with van der Waals surface area (Å²) in [4.78, 5) is 18.1. The van der Waals surface area contributed by atoms with Crippen LogP contribution >= 0.6 is 0 Å². The second-order valence-electron chi connectivity index (χ2n) is 5.49. The summed E-state index contributed by atoms with van der Waals surface area (Å²) < 4.78 is 7.10. The van der Waals surface area contributed by atoms with Gasteiger partial charge in [-0.05, 0) is 35.9 Å². The summed E-state index contributed by atoms with van der Waals surface area (Å²) in [5.41, 5.74) is 2.31. The Hall–Kier alpha value is -3.15. The largest absolute Gasteiger partial charge is 0.457 e. The predicted molar refractivity (Wildman–Crippen MR) is 91.2 cm³/mol. The molecule has 0 aliphatic carbocycles. The van der Waals surface area contributed by atoms with Crippen molar-refractivity contribution < 1.29 is 9.53 Å². The minimum atomic E-state index is -0.385. The molecule has 0 N–H and O–H groups in total. The van der Waals surface area contributed by atoms with Crippen LogP contribution in [0.4, 0.5) is 5.82 Å². The number of pyridine rings is 1. The Morgan fingerprint density at radius 3 is 2.54 bits per heavy atom. The second-order valence-corrected chi connectivity index (χ2v) is 5.49. The Bertz CT molecular complexity index is 794. The lowest BCUT2D eigenvalue weighted by molar-refractivity contribution is 0.0472. The Labute approximate surface area is 140 Å². The van der Waals surface area contributed by atoms with Crippen molar-refractivity contribution in [3.05, 3.63) is 72.2 Å². The first kappa shape index (κ1) is 15.7. The number of rotatable bonds is 5. The predicted octanol–water partition coefficient (Wildman–Crippen LogP) is 2.69. The molecule has 2 aromatic heterocycles. The van der Waals surface area contributed by atoms with Crippen molar-refractivity contribution in [1.82, 2.24) is 14.8 Å². The van der Waals surface area contributed by atoms with Gasteiger partial charge in [0.25, 0.3) is 0 Å². The van der Waals surface area contributed by atoms with Crippen LogP contribution in [0.3, 0.4) is 0 Å². The first-order valence-corrected chi connectivity index (χ1v) is 7.53. The van der Waals surface area contributed by atoms with Crippen LogP contribution in [-0.2, 0) is 11.3 Å². The third-order valence-corrected chi connectivity index (χ3v) is 3.52. The van der Waals surface area contributed by atoms with Gasteiger partial charge in [-0.3, -0.25) is 0 Å². The third kappa shape index (κ3) is 3.60. The van der Waals surface area contributed by atoms with Crippen LogP contribution in [0.15, 0.2) is 61.1 Å². The summed E-state index contributed by atoms with van der Waals surface area (Å²) in [7, 11) is 3.79. The molecule has 0 radical (unpaired) electrons. The minimum absolute atomic E-state index is 0.216. The smallest absolute Gasteiger partial charge is 0.340 e. The highest BCUT2D eigenvalue weighted by atomic mass is 16.5. The summed E-state index contributed by atoms with van der Waals surface area (Å²) in [6, 6.07) is 13.1. The summed E-state index contributed by atoms with van der Waals surface area (Å²) in [5.74, 6) is 0.407. The van der Waals surface area contributed by atoms with Crippen molar-refractivity contribution in [2.24, 2.45) is 0 Å². The van der Waals surface area contributed by atoms with E-state index in [9.17, 15) is 4.79 Å². The fourth-order valence-corrected chi connectivity index (χ4v) is 2.17. The van der Waals surface area contributed by atoms with E-state index in [1.165, 1.54) is 6.20 Å². The molecule has 0 fully saturated rings. The second kappa shape index (κ2) is 6.95.